The molecule has 0 aliphatic carbocycles. The number of nitrogens with one attached hydrogen (secondary N) is 1. The van der Waals surface area contributed by atoms with Crippen LogP contribution < -0.4 is 10.3 Å². The third-order valence-electron chi connectivity index (χ3n) is 5.02. The average Bonchev–Trinajstić information content (AvgIpc) is 3.13. The van der Waals surface area contributed by atoms with Crippen molar-refractivity contribution in [3.05, 3.63) is 68.8 Å². The second kappa shape index (κ2) is 8.27. The molecule has 4 rings (SSSR count). The van der Waals surface area contributed by atoms with Gasteiger partial charge in [0.05, 0.1) is 17.2 Å². The molecule has 8 nitrogen and oxygen atoms in total. The first-order chi connectivity index (χ1) is 14.9. The van der Waals surface area contributed by atoms with Gasteiger partial charge in [0, 0.05) is 38.2 Å². The van der Waals surface area contributed by atoms with Gasteiger partial charge in [0.25, 0.3) is 0 Å². The SMILES string of the molecule is CCn1cc(-c2n[nH]c(=S)n2/N=C/c2ccc(N(C)C)cc2)c(=O)c2ccc(C)nc21. The number of aryl methyl sites for hydroxylation is 2. The zero-order chi connectivity index (χ0) is 22.1. The molecule has 0 spiro atoms. The number of hydrogen-bond acceptors (Lipinski definition) is 6. The van der Waals surface area contributed by atoms with Gasteiger partial charge in [-0.25, -0.2) is 10.1 Å². The van der Waals surface area contributed by atoms with Crippen molar-refractivity contribution in [1.29, 1.82) is 0 Å². The highest BCUT2D eigenvalue weighted by Crippen LogP contribution is 2.19. The van der Waals surface area contributed by atoms with Gasteiger partial charge in [-0.1, -0.05) is 12.1 Å². The minimum atomic E-state index is -0.159. The summed E-state index contributed by atoms with van der Waals surface area (Å²) in [5, 5.41) is 12.1. The summed E-state index contributed by atoms with van der Waals surface area (Å²) in [5.41, 5.74) is 3.76. The average molecular weight is 434 g/mol. The number of hydrogen-bond donors (Lipinski definition) is 1. The molecule has 3 aromatic heterocycles. The van der Waals surface area contributed by atoms with Crippen molar-refractivity contribution in [2.75, 3.05) is 19.0 Å². The Morgan fingerprint density at radius 3 is 2.61 bits per heavy atom. The van der Waals surface area contributed by atoms with Crippen LogP contribution in [0, 0.1) is 11.7 Å². The molecule has 0 amide bonds. The minimum absolute atomic E-state index is 0.159. The van der Waals surface area contributed by atoms with Crippen LogP contribution in [0.4, 0.5) is 5.69 Å². The second-order valence-corrected chi connectivity index (χ2v) is 7.76. The van der Waals surface area contributed by atoms with Crippen LogP contribution in [0.1, 0.15) is 18.2 Å². The summed E-state index contributed by atoms with van der Waals surface area (Å²) >= 11 is 5.36. The molecule has 158 valence electrons. The summed E-state index contributed by atoms with van der Waals surface area (Å²) in [5.74, 6) is 0.362. The van der Waals surface area contributed by atoms with Crippen LogP contribution >= 0.6 is 12.2 Å². The Bertz CT molecular complexity index is 1390. The summed E-state index contributed by atoms with van der Waals surface area (Å²) in [6.45, 7) is 4.57. The number of aromatic amines is 1. The van der Waals surface area contributed by atoms with E-state index in [-0.39, 0.29) is 5.43 Å². The van der Waals surface area contributed by atoms with Crippen LogP contribution in [0.5, 0.6) is 0 Å². The Labute approximate surface area is 184 Å². The molecule has 0 bridgehead atoms. The van der Waals surface area contributed by atoms with E-state index in [1.165, 1.54) is 4.68 Å². The van der Waals surface area contributed by atoms with E-state index in [4.69, 9.17) is 12.2 Å². The fourth-order valence-electron chi connectivity index (χ4n) is 3.32. The van der Waals surface area contributed by atoms with Gasteiger partial charge in [0.1, 0.15) is 5.65 Å². The molecule has 0 fully saturated rings. The standard InChI is InChI=1S/C22H23N7OS/c1-5-28-13-18(19(30)17-11-6-14(2)24-20(17)28)21-25-26-22(31)29(21)23-12-15-7-9-16(10-8-15)27(3)4/h6-13H,5H2,1-4H3,(H,26,31)/b23-12+. The lowest BCUT2D eigenvalue weighted by Gasteiger charge is -2.11. The van der Waals surface area contributed by atoms with Gasteiger partial charge in [-0.3, -0.25) is 4.79 Å². The van der Waals surface area contributed by atoms with E-state index in [2.05, 4.69) is 20.3 Å². The van der Waals surface area contributed by atoms with Gasteiger partial charge >= 0.3 is 0 Å². The molecule has 31 heavy (non-hydrogen) atoms. The number of fused-ring (bicyclic) bond motifs is 1. The van der Waals surface area contributed by atoms with E-state index in [9.17, 15) is 4.79 Å². The van der Waals surface area contributed by atoms with Crippen molar-refractivity contribution >= 4 is 35.2 Å². The highest BCUT2D eigenvalue weighted by molar-refractivity contribution is 7.71. The van der Waals surface area contributed by atoms with Crippen molar-refractivity contribution < 1.29 is 0 Å². The molecule has 1 N–H and O–H groups in total. The lowest BCUT2D eigenvalue weighted by Crippen LogP contribution is -2.15. The molecule has 0 radical (unpaired) electrons. The van der Waals surface area contributed by atoms with Crippen molar-refractivity contribution in [3.63, 3.8) is 0 Å². The van der Waals surface area contributed by atoms with Crippen molar-refractivity contribution in [2.24, 2.45) is 5.10 Å². The number of benzene rings is 1. The van der Waals surface area contributed by atoms with Crippen LogP contribution in [-0.4, -0.2) is 44.7 Å². The zero-order valence-corrected chi connectivity index (χ0v) is 18.6. The van der Waals surface area contributed by atoms with Crippen molar-refractivity contribution in [3.8, 4) is 11.4 Å². The van der Waals surface area contributed by atoms with E-state index in [1.54, 1.807) is 18.5 Å². The Kier molecular flexibility index (Phi) is 5.51. The largest absolute Gasteiger partial charge is 0.378 e. The van der Waals surface area contributed by atoms with E-state index < -0.39 is 0 Å². The second-order valence-electron chi connectivity index (χ2n) is 7.38. The van der Waals surface area contributed by atoms with Gasteiger partial charge in [0.15, 0.2) is 5.82 Å². The lowest BCUT2D eigenvalue weighted by molar-refractivity contribution is 0.773. The summed E-state index contributed by atoms with van der Waals surface area (Å²) in [6, 6.07) is 11.6. The first-order valence-electron chi connectivity index (χ1n) is 9.89. The lowest BCUT2D eigenvalue weighted by atomic mass is 10.1. The molecule has 9 heteroatoms. The molecule has 4 aromatic rings. The normalized spacial score (nSPS) is 11.5. The number of rotatable bonds is 5. The van der Waals surface area contributed by atoms with Crippen LogP contribution in [0.3, 0.4) is 0 Å². The number of H-pyrrole nitrogens is 1. The smallest absolute Gasteiger partial charge is 0.216 e. The Balaban J connectivity index is 1.82. The molecular weight excluding hydrogens is 410 g/mol. The van der Waals surface area contributed by atoms with Gasteiger partial charge in [-0.2, -0.15) is 14.9 Å². The Hall–Kier alpha value is -3.59. The summed E-state index contributed by atoms with van der Waals surface area (Å²) in [4.78, 5) is 19.8. The van der Waals surface area contributed by atoms with Crippen LogP contribution in [0.15, 0.2) is 52.5 Å². The summed E-state index contributed by atoms with van der Waals surface area (Å²) in [6.07, 6.45) is 3.46. The maximum atomic E-state index is 13.2. The van der Waals surface area contributed by atoms with Gasteiger partial charge < -0.3 is 9.47 Å². The monoisotopic (exact) mass is 433 g/mol. The molecule has 0 unspecified atom stereocenters. The van der Waals surface area contributed by atoms with E-state index in [1.807, 2.05) is 67.7 Å². The third-order valence-corrected chi connectivity index (χ3v) is 5.29. The summed E-state index contributed by atoms with van der Waals surface area (Å²) < 4.78 is 3.71. The topological polar surface area (TPSA) is 84.1 Å². The molecule has 0 aliphatic rings. The maximum Gasteiger partial charge on any atom is 0.216 e. The van der Waals surface area contributed by atoms with Crippen molar-refractivity contribution in [2.45, 2.75) is 20.4 Å². The highest BCUT2D eigenvalue weighted by atomic mass is 32.1. The predicted molar refractivity (Wildman–Crippen MR) is 127 cm³/mol. The first-order valence-corrected chi connectivity index (χ1v) is 10.3. The van der Waals surface area contributed by atoms with E-state index in [0.29, 0.717) is 33.7 Å². The minimum Gasteiger partial charge on any atom is -0.378 e. The van der Waals surface area contributed by atoms with Gasteiger partial charge in [0.2, 0.25) is 10.2 Å². The quantitative estimate of drug-likeness (QED) is 0.384. The Morgan fingerprint density at radius 2 is 1.94 bits per heavy atom. The molecule has 0 saturated heterocycles. The predicted octanol–water partition coefficient (Wildman–Crippen LogP) is 3.59. The van der Waals surface area contributed by atoms with E-state index in [0.717, 1.165) is 16.9 Å². The molecule has 3 heterocycles. The van der Waals surface area contributed by atoms with Gasteiger partial charge in [-0.05, 0) is 55.9 Å². The number of anilines is 1. The van der Waals surface area contributed by atoms with Crippen LogP contribution in [0.25, 0.3) is 22.4 Å². The van der Waals surface area contributed by atoms with Crippen molar-refractivity contribution in [1.82, 2.24) is 24.4 Å². The fourth-order valence-corrected chi connectivity index (χ4v) is 3.50. The molecular formula is C22H23N7OS. The van der Waals surface area contributed by atoms with E-state index >= 15 is 0 Å². The highest BCUT2D eigenvalue weighted by Gasteiger charge is 2.17. The zero-order valence-electron chi connectivity index (χ0n) is 17.8. The molecule has 1 aromatic carbocycles. The number of pyridine rings is 2. The molecule has 0 saturated carbocycles. The van der Waals surface area contributed by atoms with Gasteiger partial charge in [-0.15, -0.1) is 0 Å². The third kappa shape index (κ3) is 3.91. The summed E-state index contributed by atoms with van der Waals surface area (Å²) in [7, 11) is 3.98. The van der Waals surface area contributed by atoms with Crippen LogP contribution in [-0.2, 0) is 6.54 Å². The Morgan fingerprint density at radius 1 is 1.19 bits per heavy atom. The maximum absolute atomic E-state index is 13.2. The first kappa shape index (κ1) is 20.7. The molecule has 0 aliphatic heterocycles. The number of aromatic nitrogens is 5. The molecule has 0 atom stereocenters. The fraction of sp³-hybridized carbons (Fsp3) is 0.227. The number of nitrogens with zero attached hydrogens (tertiary/aromatic N) is 6. The van der Waals surface area contributed by atoms with Crippen LogP contribution in [0.2, 0.25) is 0 Å².